The molecule has 1 atom stereocenters. The van der Waals surface area contributed by atoms with E-state index in [9.17, 15) is 4.79 Å². The number of aryl methyl sites for hydroxylation is 2. The first-order valence-electron chi connectivity index (χ1n) is 7.26. The average Bonchev–Trinajstić information content (AvgIpc) is 2.47. The lowest BCUT2D eigenvalue weighted by Crippen LogP contribution is -2.36. The molecule has 0 bridgehead atoms. The lowest BCUT2D eigenvalue weighted by atomic mass is 9.91. The number of hydrogen-bond acceptors (Lipinski definition) is 2. The van der Waals surface area contributed by atoms with Crippen molar-refractivity contribution >= 4 is 11.6 Å². The monoisotopic (exact) mass is 260 g/mol. The summed E-state index contributed by atoms with van der Waals surface area (Å²) in [6, 6.07) is 6.41. The highest BCUT2D eigenvalue weighted by atomic mass is 16.2. The van der Waals surface area contributed by atoms with E-state index in [0.29, 0.717) is 6.54 Å². The topological polar surface area (TPSA) is 46.3 Å². The summed E-state index contributed by atoms with van der Waals surface area (Å²) in [5, 5.41) is 0. The zero-order chi connectivity index (χ0) is 13.8. The fraction of sp³-hybridized carbons (Fsp3) is 0.562. The van der Waals surface area contributed by atoms with Crippen LogP contribution < -0.4 is 10.6 Å². The van der Waals surface area contributed by atoms with E-state index in [1.807, 2.05) is 14.0 Å². The first kappa shape index (κ1) is 14.1. The molecular formula is C16H24N2O. The van der Waals surface area contributed by atoms with Crippen molar-refractivity contribution in [3.8, 4) is 0 Å². The summed E-state index contributed by atoms with van der Waals surface area (Å²) in [7, 11) is 1.85. The van der Waals surface area contributed by atoms with E-state index >= 15 is 0 Å². The van der Waals surface area contributed by atoms with Gasteiger partial charge in [0.15, 0.2) is 0 Å². The molecule has 1 aromatic rings. The van der Waals surface area contributed by atoms with Crippen molar-refractivity contribution in [2.45, 2.75) is 39.0 Å². The first-order valence-corrected chi connectivity index (χ1v) is 7.26. The molecule has 19 heavy (non-hydrogen) atoms. The number of hydrogen-bond donors (Lipinski definition) is 1. The van der Waals surface area contributed by atoms with Gasteiger partial charge in [0.2, 0.25) is 5.91 Å². The SMILES string of the molecule is CCC(CN)C(=O)N(C)c1ccc2c(c1)CCCC2. The molecule has 1 aliphatic rings. The van der Waals surface area contributed by atoms with Crippen LogP contribution in [0.5, 0.6) is 0 Å². The second-order valence-electron chi connectivity index (χ2n) is 5.40. The third kappa shape index (κ3) is 2.98. The highest BCUT2D eigenvalue weighted by molar-refractivity contribution is 5.94. The van der Waals surface area contributed by atoms with Gasteiger partial charge in [0.05, 0.1) is 5.92 Å². The maximum atomic E-state index is 12.3. The summed E-state index contributed by atoms with van der Waals surface area (Å²) < 4.78 is 0. The number of benzene rings is 1. The number of carbonyl (C=O) groups is 1. The van der Waals surface area contributed by atoms with Crippen LogP contribution in [0, 0.1) is 5.92 Å². The van der Waals surface area contributed by atoms with Crippen molar-refractivity contribution in [3.05, 3.63) is 29.3 Å². The second-order valence-corrected chi connectivity index (χ2v) is 5.40. The van der Waals surface area contributed by atoms with Gasteiger partial charge in [-0.05, 0) is 55.4 Å². The van der Waals surface area contributed by atoms with Crippen LogP contribution in [0.3, 0.4) is 0 Å². The van der Waals surface area contributed by atoms with Gasteiger partial charge in [-0.3, -0.25) is 4.79 Å². The van der Waals surface area contributed by atoms with Crippen molar-refractivity contribution in [1.82, 2.24) is 0 Å². The molecule has 1 aromatic carbocycles. The Balaban J connectivity index is 2.19. The molecule has 104 valence electrons. The van der Waals surface area contributed by atoms with Crippen molar-refractivity contribution in [2.24, 2.45) is 11.7 Å². The number of fused-ring (bicyclic) bond motifs is 1. The van der Waals surface area contributed by atoms with Crippen LogP contribution in [-0.4, -0.2) is 19.5 Å². The van der Waals surface area contributed by atoms with Gasteiger partial charge in [0, 0.05) is 19.3 Å². The Hall–Kier alpha value is -1.35. The molecular weight excluding hydrogens is 236 g/mol. The van der Waals surface area contributed by atoms with Crippen molar-refractivity contribution in [1.29, 1.82) is 0 Å². The van der Waals surface area contributed by atoms with Gasteiger partial charge in [-0.25, -0.2) is 0 Å². The lowest BCUT2D eigenvalue weighted by Gasteiger charge is -2.24. The fourth-order valence-electron chi connectivity index (χ4n) is 2.77. The van der Waals surface area contributed by atoms with Crippen LogP contribution in [0.15, 0.2) is 18.2 Å². The molecule has 0 aromatic heterocycles. The minimum absolute atomic E-state index is 0.0685. The third-order valence-electron chi connectivity index (χ3n) is 4.18. The Labute approximate surface area is 115 Å². The number of amides is 1. The van der Waals surface area contributed by atoms with Crippen molar-refractivity contribution < 1.29 is 4.79 Å². The predicted molar refractivity (Wildman–Crippen MR) is 79.3 cm³/mol. The maximum Gasteiger partial charge on any atom is 0.231 e. The van der Waals surface area contributed by atoms with E-state index < -0.39 is 0 Å². The van der Waals surface area contributed by atoms with Crippen LogP contribution >= 0.6 is 0 Å². The second kappa shape index (κ2) is 6.20. The van der Waals surface area contributed by atoms with Gasteiger partial charge in [-0.2, -0.15) is 0 Å². The minimum atomic E-state index is -0.0685. The van der Waals surface area contributed by atoms with Crippen LogP contribution in [0.1, 0.15) is 37.3 Å². The molecule has 0 heterocycles. The summed E-state index contributed by atoms with van der Waals surface area (Å²) in [6.07, 6.45) is 5.65. The fourth-order valence-corrected chi connectivity index (χ4v) is 2.77. The first-order chi connectivity index (χ1) is 9.17. The Morgan fingerprint density at radius 3 is 2.63 bits per heavy atom. The summed E-state index contributed by atoms with van der Waals surface area (Å²) in [6.45, 7) is 2.43. The standard InChI is InChI=1S/C16H24N2O/c1-3-12(11-17)16(19)18(2)15-9-8-13-6-4-5-7-14(13)10-15/h8-10,12H,3-7,11,17H2,1-2H3. The molecule has 0 fully saturated rings. The molecule has 3 heteroatoms. The quantitative estimate of drug-likeness (QED) is 0.904. The molecule has 1 aliphatic carbocycles. The molecule has 3 nitrogen and oxygen atoms in total. The Morgan fingerprint density at radius 2 is 2.00 bits per heavy atom. The minimum Gasteiger partial charge on any atom is -0.330 e. The predicted octanol–water partition coefficient (Wildman–Crippen LogP) is 2.51. The number of nitrogens with zero attached hydrogens (tertiary/aromatic N) is 1. The Kier molecular flexibility index (Phi) is 4.59. The highest BCUT2D eigenvalue weighted by Crippen LogP contribution is 2.26. The number of anilines is 1. The van der Waals surface area contributed by atoms with Crippen LogP contribution in [0.2, 0.25) is 0 Å². The largest absolute Gasteiger partial charge is 0.330 e. The Bertz CT molecular complexity index is 452. The van der Waals surface area contributed by atoms with Crippen molar-refractivity contribution in [2.75, 3.05) is 18.5 Å². The molecule has 0 saturated carbocycles. The molecule has 2 N–H and O–H groups in total. The summed E-state index contributed by atoms with van der Waals surface area (Å²) in [5.74, 6) is 0.0572. The number of nitrogens with two attached hydrogens (primary N) is 1. The van der Waals surface area contributed by atoms with Gasteiger partial charge >= 0.3 is 0 Å². The van der Waals surface area contributed by atoms with Gasteiger partial charge in [0.25, 0.3) is 0 Å². The lowest BCUT2D eigenvalue weighted by molar-refractivity contribution is -0.121. The van der Waals surface area contributed by atoms with E-state index in [0.717, 1.165) is 18.5 Å². The number of carbonyl (C=O) groups excluding carboxylic acids is 1. The maximum absolute atomic E-state index is 12.3. The molecule has 0 radical (unpaired) electrons. The molecule has 0 aliphatic heterocycles. The van der Waals surface area contributed by atoms with Crippen molar-refractivity contribution in [3.63, 3.8) is 0 Å². The molecule has 1 unspecified atom stereocenters. The third-order valence-corrected chi connectivity index (χ3v) is 4.18. The zero-order valence-corrected chi connectivity index (χ0v) is 12.0. The zero-order valence-electron chi connectivity index (χ0n) is 12.0. The number of rotatable bonds is 4. The molecule has 1 amide bonds. The van der Waals surface area contributed by atoms with Gasteiger partial charge < -0.3 is 10.6 Å². The van der Waals surface area contributed by atoms with Crippen LogP contribution in [0.25, 0.3) is 0 Å². The summed E-state index contributed by atoms with van der Waals surface area (Å²) in [5.41, 5.74) is 9.51. The summed E-state index contributed by atoms with van der Waals surface area (Å²) >= 11 is 0. The molecule has 2 rings (SSSR count). The van der Waals surface area contributed by atoms with E-state index in [4.69, 9.17) is 5.73 Å². The van der Waals surface area contributed by atoms with Gasteiger partial charge in [-0.15, -0.1) is 0 Å². The normalized spacial score (nSPS) is 15.7. The average molecular weight is 260 g/mol. The van der Waals surface area contributed by atoms with Crippen LogP contribution in [-0.2, 0) is 17.6 Å². The smallest absolute Gasteiger partial charge is 0.231 e. The van der Waals surface area contributed by atoms with Gasteiger partial charge in [-0.1, -0.05) is 13.0 Å². The Morgan fingerprint density at radius 1 is 1.32 bits per heavy atom. The summed E-state index contributed by atoms with van der Waals surface area (Å²) in [4.78, 5) is 14.1. The van der Waals surface area contributed by atoms with E-state index in [1.165, 1.54) is 30.4 Å². The highest BCUT2D eigenvalue weighted by Gasteiger charge is 2.21. The van der Waals surface area contributed by atoms with Gasteiger partial charge in [0.1, 0.15) is 0 Å². The molecule has 0 saturated heterocycles. The molecule has 0 spiro atoms. The van der Waals surface area contributed by atoms with Crippen LogP contribution in [0.4, 0.5) is 5.69 Å². The van der Waals surface area contributed by atoms with E-state index in [1.54, 1.807) is 4.90 Å². The van der Waals surface area contributed by atoms with E-state index in [2.05, 4.69) is 18.2 Å². The van der Waals surface area contributed by atoms with E-state index in [-0.39, 0.29) is 11.8 Å².